The normalized spacial score (nSPS) is 15.8. The Morgan fingerprint density at radius 3 is 2.46 bits per heavy atom. The van der Waals surface area contributed by atoms with E-state index in [1.165, 1.54) is 32.1 Å². The van der Waals surface area contributed by atoms with Crippen molar-refractivity contribution in [3.63, 3.8) is 0 Å². The van der Waals surface area contributed by atoms with Crippen LogP contribution in [-0.4, -0.2) is 12.3 Å². The van der Waals surface area contributed by atoms with Gasteiger partial charge in [-0.3, -0.25) is 4.99 Å². The Balaban J connectivity index is 1.55. The van der Waals surface area contributed by atoms with Crippen LogP contribution < -0.4 is 4.74 Å². The van der Waals surface area contributed by atoms with Gasteiger partial charge in [-0.2, -0.15) is 0 Å². The lowest BCUT2D eigenvalue weighted by Crippen LogP contribution is -2.09. The van der Waals surface area contributed by atoms with Crippen LogP contribution in [0.25, 0.3) is 0 Å². The molecular weight excluding hydrogens is 430 g/mol. The second-order valence-corrected chi connectivity index (χ2v) is 7.93. The molecule has 2 aromatic carbocycles. The third kappa shape index (κ3) is 5.18. The Hall–Kier alpha value is -1.13. The maximum Gasteiger partial charge on any atom is 0.119 e. The van der Waals surface area contributed by atoms with Crippen LogP contribution in [0, 0.1) is 0 Å². The van der Waals surface area contributed by atoms with Gasteiger partial charge in [0.2, 0.25) is 0 Å². The largest absolute Gasteiger partial charge is 0.489 e. The van der Waals surface area contributed by atoms with Crippen LogP contribution in [0.1, 0.15) is 43.2 Å². The summed E-state index contributed by atoms with van der Waals surface area (Å²) in [5.41, 5.74) is 2.26. The van der Waals surface area contributed by atoms with Gasteiger partial charge in [0, 0.05) is 26.8 Å². The van der Waals surface area contributed by atoms with E-state index >= 15 is 0 Å². The van der Waals surface area contributed by atoms with Gasteiger partial charge in [0.1, 0.15) is 12.4 Å². The Morgan fingerprint density at radius 2 is 1.75 bits per heavy atom. The van der Waals surface area contributed by atoms with Crippen molar-refractivity contribution in [2.24, 2.45) is 4.99 Å². The average Bonchev–Trinajstić information content (AvgIpc) is 2.61. The van der Waals surface area contributed by atoms with Crippen LogP contribution in [0.15, 0.2) is 56.4 Å². The van der Waals surface area contributed by atoms with Crippen molar-refractivity contribution >= 4 is 38.1 Å². The molecule has 3 rings (SSSR count). The molecule has 0 heterocycles. The Morgan fingerprint density at radius 1 is 1.00 bits per heavy atom. The quantitative estimate of drug-likeness (QED) is 0.473. The molecule has 1 aliphatic rings. The highest BCUT2D eigenvalue weighted by atomic mass is 79.9. The number of aliphatic imine (C=N–C) groups is 1. The third-order valence-corrected chi connectivity index (χ3v) is 5.53. The van der Waals surface area contributed by atoms with E-state index < -0.39 is 0 Å². The molecule has 0 amide bonds. The van der Waals surface area contributed by atoms with Crippen LogP contribution in [0.5, 0.6) is 5.75 Å². The monoisotopic (exact) mass is 449 g/mol. The molecule has 24 heavy (non-hydrogen) atoms. The maximum atomic E-state index is 5.87. The Kier molecular flexibility index (Phi) is 6.50. The van der Waals surface area contributed by atoms with Gasteiger partial charge in [-0.1, -0.05) is 57.2 Å². The fourth-order valence-electron chi connectivity index (χ4n) is 2.87. The Labute approximate surface area is 160 Å². The molecule has 0 saturated heterocycles. The van der Waals surface area contributed by atoms with Crippen molar-refractivity contribution in [1.82, 2.24) is 0 Å². The molecule has 1 aliphatic carbocycles. The van der Waals surface area contributed by atoms with Crippen LogP contribution in [0.4, 0.5) is 0 Å². The molecule has 0 bridgehead atoms. The van der Waals surface area contributed by atoms with Gasteiger partial charge >= 0.3 is 0 Å². The van der Waals surface area contributed by atoms with Crippen molar-refractivity contribution in [3.8, 4) is 5.75 Å². The summed E-state index contributed by atoms with van der Waals surface area (Å²) in [4.78, 5) is 4.72. The highest BCUT2D eigenvalue weighted by Gasteiger charge is 2.10. The number of ether oxygens (including phenoxy) is 1. The van der Waals surface area contributed by atoms with Crippen LogP contribution >= 0.6 is 31.9 Å². The highest BCUT2D eigenvalue weighted by molar-refractivity contribution is 9.11. The minimum atomic E-state index is 0.518. The first-order valence-electron chi connectivity index (χ1n) is 8.41. The zero-order chi connectivity index (χ0) is 16.8. The summed E-state index contributed by atoms with van der Waals surface area (Å²) < 4.78 is 7.98. The van der Waals surface area contributed by atoms with E-state index in [0.717, 1.165) is 25.8 Å². The summed E-state index contributed by atoms with van der Waals surface area (Å²) >= 11 is 7.02. The molecule has 0 spiro atoms. The molecule has 1 fully saturated rings. The van der Waals surface area contributed by atoms with Gasteiger partial charge in [-0.25, -0.2) is 0 Å². The number of benzene rings is 2. The Bertz CT molecular complexity index is 691. The lowest BCUT2D eigenvalue weighted by Gasteiger charge is -2.17. The van der Waals surface area contributed by atoms with Gasteiger partial charge in [0.15, 0.2) is 0 Å². The number of rotatable bonds is 5. The van der Waals surface area contributed by atoms with E-state index in [4.69, 9.17) is 9.73 Å². The van der Waals surface area contributed by atoms with Crippen LogP contribution in [-0.2, 0) is 6.61 Å². The molecule has 0 atom stereocenters. The molecule has 0 radical (unpaired) electrons. The molecule has 2 nitrogen and oxygen atoms in total. The predicted molar refractivity (Wildman–Crippen MR) is 107 cm³/mol. The summed E-state index contributed by atoms with van der Waals surface area (Å²) in [6, 6.07) is 14.8. The fraction of sp³-hybridized carbons (Fsp3) is 0.350. The molecule has 1 saturated carbocycles. The number of nitrogens with zero attached hydrogens (tertiary/aromatic N) is 1. The summed E-state index contributed by atoms with van der Waals surface area (Å²) in [7, 11) is 0. The van der Waals surface area contributed by atoms with Gasteiger partial charge in [-0.05, 0) is 54.8 Å². The second kappa shape index (κ2) is 8.82. The SMILES string of the molecule is Brc1ccc(COc2ccc(C=NC3CCCCC3)cc2)c(Br)c1. The zero-order valence-electron chi connectivity index (χ0n) is 13.6. The molecule has 0 N–H and O–H groups in total. The molecule has 2 aromatic rings. The summed E-state index contributed by atoms with van der Waals surface area (Å²) in [5.74, 6) is 0.875. The second-order valence-electron chi connectivity index (χ2n) is 6.16. The van der Waals surface area contributed by atoms with Crippen molar-refractivity contribution in [2.45, 2.75) is 44.8 Å². The van der Waals surface area contributed by atoms with Gasteiger partial charge in [-0.15, -0.1) is 0 Å². The minimum absolute atomic E-state index is 0.518. The first-order valence-corrected chi connectivity index (χ1v) is 9.99. The van der Waals surface area contributed by atoms with Crippen molar-refractivity contribution < 1.29 is 4.74 Å². The van der Waals surface area contributed by atoms with Gasteiger partial charge < -0.3 is 4.74 Å². The summed E-state index contributed by atoms with van der Waals surface area (Å²) in [6.07, 6.45) is 8.48. The molecular formula is C20H21Br2NO. The van der Waals surface area contributed by atoms with Crippen molar-refractivity contribution in [2.75, 3.05) is 0 Å². The standard InChI is InChI=1S/C20H21Br2NO/c21-17-9-8-16(20(22)12-17)14-24-19-10-6-15(7-11-19)13-23-18-4-2-1-3-5-18/h6-13,18H,1-5,14H2. The predicted octanol–water partition coefficient (Wildman–Crippen LogP) is 6.54. The van der Waals surface area contributed by atoms with E-state index in [9.17, 15) is 0 Å². The van der Waals surface area contributed by atoms with E-state index in [0.29, 0.717) is 12.6 Å². The van der Waals surface area contributed by atoms with E-state index in [1.807, 2.05) is 30.5 Å². The van der Waals surface area contributed by atoms with Crippen molar-refractivity contribution in [3.05, 3.63) is 62.5 Å². The van der Waals surface area contributed by atoms with Gasteiger partial charge in [0.05, 0.1) is 0 Å². The minimum Gasteiger partial charge on any atom is -0.489 e. The highest BCUT2D eigenvalue weighted by Crippen LogP contribution is 2.24. The third-order valence-electron chi connectivity index (χ3n) is 4.30. The van der Waals surface area contributed by atoms with Crippen molar-refractivity contribution in [1.29, 1.82) is 0 Å². The number of hydrogen-bond donors (Lipinski definition) is 0. The fourth-order valence-corrected chi connectivity index (χ4v) is 4.03. The lowest BCUT2D eigenvalue weighted by atomic mass is 9.96. The van der Waals surface area contributed by atoms with Gasteiger partial charge in [0.25, 0.3) is 0 Å². The average molecular weight is 451 g/mol. The first kappa shape index (κ1) is 17.7. The number of hydrogen-bond acceptors (Lipinski definition) is 2. The topological polar surface area (TPSA) is 21.6 Å². The maximum absolute atomic E-state index is 5.87. The van der Waals surface area contributed by atoms with Crippen LogP contribution in [0.3, 0.4) is 0 Å². The van der Waals surface area contributed by atoms with E-state index in [2.05, 4.69) is 50.1 Å². The zero-order valence-corrected chi connectivity index (χ0v) is 16.7. The molecule has 0 aliphatic heterocycles. The molecule has 0 aromatic heterocycles. The van der Waals surface area contributed by atoms with Crippen LogP contribution in [0.2, 0.25) is 0 Å². The molecule has 4 heteroatoms. The first-order chi connectivity index (χ1) is 11.7. The molecule has 0 unspecified atom stereocenters. The molecule has 126 valence electrons. The lowest BCUT2D eigenvalue weighted by molar-refractivity contribution is 0.305. The van der Waals surface area contributed by atoms with E-state index in [1.54, 1.807) is 0 Å². The smallest absolute Gasteiger partial charge is 0.119 e. The summed E-state index contributed by atoms with van der Waals surface area (Å²) in [5, 5.41) is 0. The number of halogens is 2. The summed E-state index contributed by atoms with van der Waals surface area (Å²) in [6.45, 7) is 0.545. The van der Waals surface area contributed by atoms with E-state index in [-0.39, 0.29) is 0 Å².